The number of nitrogens with zero attached hydrogens (tertiary/aromatic N) is 1. The zero-order valence-corrected chi connectivity index (χ0v) is 11.1. The van der Waals surface area contributed by atoms with Crippen LogP contribution in [0.25, 0.3) is 0 Å². The van der Waals surface area contributed by atoms with Gasteiger partial charge in [0.2, 0.25) is 0 Å². The molecule has 1 rings (SSSR count). The van der Waals surface area contributed by atoms with Crippen LogP contribution in [-0.4, -0.2) is 37.4 Å². The van der Waals surface area contributed by atoms with Crippen LogP contribution in [-0.2, 0) is 19.9 Å². The number of hydrogen-bond acceptors (Lipinski definition) is 4. The summed E-state index contributed by atoms with van der Waals surface area (Å²) >= 11 is 0. The zero-order valence-electron chi connectivity index (χ0n) is 10.3. The Morgan fingerprint density at radius 2 is 1.76 bits per heavy atom. The molecule has 1 heterocycles. The van der Waals surface area contributed by atoms with E-state index in [0.717, 1.165) is 4.31 Å². The van der Waals surface area contributed by atoms with Gasteiger partial charge in [-0.25, -0.2) is 0 Å². The van der Waals surface area contributed by atoms with Gasteiger partial charge in [0.15, 0.2) is 0 Å². The third kappa shape index (κ3) is 4.59. The van der Waals surface area contributed by atoms with E-state index in [0.29, 0.717) is 12.8 Å². The van der Waals surface area contributed by atoms with Gasteiger partial charge in [0.05, 0.1) is 5.92 Å². The first kappa shape index (κ1) is 14.4. The lowest BCUT2D eigenvalue weighted by Crippen LogP contribution is -2.40. The molecule has 100 valence electrons. The number of halogens is 1. The molecule has 0 aliphatic carbocycles. The maximum absolute atomic E-state index is 12.7. The van der Waals surface area contributed by atoms with Crippen LogP contribution < -0.4 is 0 Å². The average Bonchev–Trinajstić information content (AvgIpc) is 2.14. The first-order valence-electron chi connectivity index (χ1n) is 5.52. The zero-order chi connectivity index (χ0) is 13.3. The standard InChI is InChI=1S/C10H18FNO4S/c1-10(2,3)16-9(13)8-4-6-12(7-5-8)17(11,14)15/h8H,4-7H2,1-3H3. The predicted molar refractivity (Wildman–Crippen MR) is 60.2 cm³/mol. The summed E-state index contributed by atoms with van der Waals surface area (Å²) in [5, 5.41) is 0. The van der Waals surface area contributed by atoms with E-state index in [1.807, 2.05) is 0 Å². The van der Waals surface area contributed by atoms with E-state index in [1.54, 1.807) is 20.8 Å². The Balaban J connectivity index is 2.50. The van der Waals surface area contributed by atoms with Crippen molar-refractivity contribution in [2.24, 2.45) is 5.92 Å². The maximum atomic E-state index is 12.7. The van der Waals surface area contributed by atoms with E-state index in [-0.39, 0.29) is 25.0 Å². The van der Waals surface area contributed by atoms with Crippen LogP contribution in [0.2, 0.25) is 0 Å². The summed E-state index contributed by atoms with van der Waals surface area (Å²) in [4.78, 5) is 11.7. The highest BCUT2D eigenvalue weighted by Crippen LogP contribution is 2.23. The largest absolute Gasteiger partial charge is 0.460 e. The van der Waals surface area contributed by atoms with Gasteiger partial charge in [-0.1, -0.05) is 3.89 Å². The van der Waals surface area contributed by atoms with Crippen molar-refractivity contribution in [3.63, 3.8) is 0 Å². The number of hydrogen-bond donors (Lipinski definition) is 0. The predicted octanol–water partition coefficient (Wildman–Crippen LogP) is 1.25. The van der Waals surface area contributed by atoms with Gasteiger partial charge in [0.25, 0.3) is 0 Å². The third-order valence-corrected chi connectivity index (χ3v) is 3.48. The maximum Gasteiger partial charge on any atom is 0.374 e. The van der Waals surface area contributed by atoms with Gasteiger partial charge in [-0.3, -0.25) is 4.79 Å². The molecule has 17 heavy (non-hydrogen) atoms. The van der Waals surface area contributed by atoms with Crippen molar-refractivity contribution in [2.45, 2.75) is 39.2 Å². The molecule has 0 unspecified atom stereocenters. The first-order chi connectivity index (χ1) is 7.59. The van der Waals surface area contributed by atoms with Gasteiger partial charge in [-0.05, 0) is 33.6 Å². The molecule has 1 aliphatic heterocycles. The molecule has 0 bridgehead atoms. The fraction of sp³-hybridized carbons (Fsp3) is 0.900. The SMILES string of the molecule is CC(C)(C)OC(=O)C1CCN(S(=O)(=O)F)CC1. The van der Waals surface area contributed by atoms with Gasteiger partial charge in [0, 0.05) is 13.1 Å². The summed E-state index contributed by atoms with van der Waals surface area (Å²) in [5.41, 5.74) is -0.555. The Morgan fingerprint density at radius 1 is 1.29 bits per heavy atom. The van der Waals surface area contributed by atoms with Crippen LogP contribution in [0.5, 0.6) is 0 Å². The highest BCUT2D eigenvalue weighted by atomic mass is 32.3. The summed E-state index contributed by atoms with van der Waals surface area (Å²) in [7, 11) is -4.63. The second kappa shape index (κ2) is 4.89. The number of carbonyl (C=O) groups excluding carboxylic acids is 1. The molecule has 0 atom stereocenters. The van der Waals surface area contributed by atoms with E-state index >= 15 is 0 Å². The minimum Gasteiger partial charge on any atom is -0.460 e. The van der Waals surface area contributed by atoms with Crippen molar-refractivity contribution in [1.82, 2.24) is 4.31 Å². The Kier molecular flexibility index (Phi) is 4.14. The molecule has 7 heteroatoms. The topological polar surface area (TPSA) is 63.7 Å². The highest BCUT2D eigenvalue weighted by molar-refractivity contribution is 7.83. The summed E-state index contributed by atoms with van der Waals surface area (Å²) in [6, 6.07) is 0. The fourth-order valence-corrected chi connectivity index (χ4v) is 2.34. The van der Waals surface area contributed by atoms with Crippen molar-refractivity contribution in [2.75, 3.05) is 13.1 Å². The third-order valence-electron chi connectivity index (χ3n) is 2.50. The van der Waals surface area contributed by atoms with Gasteiger partial charge in [0.1, 0.15) is 5.60 Å². The summed E-state index contributed by atoms with van der Waals surface area (Å²) < 4.78 is 39.9. The average molecular weight is 267 g/mol. The fourth-order valence-electron chi connectivity index (χ4n) is 1.69. The van der Waals surface area contributed by atoms with E-state index in [2.05, 4.69) is 0 Å². The molecule has 0 aromatic rings. The van der Waals surface area contributed by atoms with Crippen molar-refractivity contribution in [1.29, 1.82) is 0 Å². The van der Waals surface area contributed by atoms with E-state index in [9.17, 15) is 17.1 Å². The minimum atomic E-state index is -4.63. The van der Waals surface area contributed by atoms with Crippen LogP contribution in [0.3, 0.4) is 0 Å². The molecule has 0 amide bonds. The monoisotopic (exact) mass is 267 g/mol. The molecule has 1 fully saturated rings. The smallest absolute Gasteiger partial charge is 0.374 e. The molecular weight excluding hydrogens is 249 g/mol. The van der Waals surface area contributed by atoms with Crippen molar-refractivity contribution >= 4 is 16.4 Å². The lowest BCUT2D eigenvalue weighted by atomic mass is 9.98. The van der Waals surface area contributed by atoms with Crippen LogP contribution in [0, 0.1) is 5.92 Å². The minimum absolute atomic E-state index is 0.0305. The van der Waals surface area contributed by atoms with Crippen molar-refractivity contribution < 1.29 is 21.8 Å². The van der Waals surface area contributed by atoms with E-state index < -0.39 is 16.0 Å². The Bertz CT molecular complexity index is 380. The summed E-state index contributed by atoms with van der Waals surface area (Å²) in [6.45, 7) is 5.37. The number of ether oxygens (including phenoxy) is 1. The molecule has 0 aromatic heterocycles. The molecule has 5 nitrogen and oxygen atoms in total. The second-order valence-corrected chi connectivity index (χ2v) is 6.49. The molecule has 0 spiro atoms. The highest BCUT2D eigenvalue weighted by Gasteiger charge is 2.33. The number of piperidine rings is 1. The molecule has 0 saturated carbocycles. The van der Waals surface area contributed by atoms with Crippen LogP contribution in [0.15, 0.2) is 0 Å². The molecule has 1 saturated heterocycles. The van der Waals surface area contributed by atoms with Gasteiger partial charge in [-0.15, -0.1) is 0 Å². The lowest BCUT2D eigenvalue weighted by Gasteiger charge is -2.29. The Morgan fingerprint density at radius 3 is 2.12 bits per heavy atom. The first-order valence-corrected chi connectivity index (χ1v) is 6.86. The number of rotatable bonds is 2. The van der Waals surface area contributed by atoms with E-state index in [4.69, 9.17) is 4.74 Å². The normalized spacial score (nSPS) is 20.2. The lowest BCUT2D eigenvalue weighted by molar-refractivity contribution is -0.161. The molecule has 1 aliphatic rings. The van der Waals surface area contributed by atoms with Crippen molar-refractivity contribution in [3.8, 4) is 0 Å². The summed E-state index contributed by atoms with van der Waals surface area (Å²) in [5.74, 6) is -0.680. The van der Waals surface area contributed by atoms with Crippen LogP contribution in [0.1, 0.15) is 33.6 Å². The Labute approximate surface area is 101 Å². The van der Waals surface area contributed by atoms with Crippen LogP contribution >= 0.6 is 0 Å². The van der Waals surface area contributed by atoms with Gasteiger partial charge < -0.3 is 4.74 Å². The van der Waals surface area contributed by atoms with E-state index in [1.165, 1.54) is 0 Å². The Hall–Kier alpha value is -0.690. The van der Waals surface area contributed by atoms with Gasteiger partial charge in [-0.2, -0.15) is 12.7 Å². The molecule has 0 aromatic carbocycles. The van der Waals surface area contributed by atoms with Gasteiger partial charge >= 0.3 is 16.4 Å². The van der Waals surface area contributed by atoms with Crippen LogP contribution in [0.4, 0.5) is 3.89 Å². The molecular formula is C10H18FNO4S. The summed E-state index contributed by atoms with van der Waals surface area (Å²) in [6.07, 6.45) is 0.607. The quantitative estimate of drug-likeness (QED) is 0.558. The number of carbonyl (C=O) groups is 1. The van der Waals surface area contributed by atoms with Crippen molar-refractivity contribution in [3.05, 3.63) is 0 Å². The molecule has 0 radical (unpaired) electrons. The second-order valence-electron chi connectivity index (χ2n) is 5.15. The number of esters is 1. The molecule has 0 N–H and O–H groups in total.